The summed E-state index contributed by atoms with van der Waals surface area (Å²) < 4.78 is 15.3. The van der Waals surface area contributed by atoms with Crippen LogP contribution in [0.2, 0.25) is 0 Å². The third-order valence-electron chi connectivity index (χ3n) is 10.9. The maximum atomic E-state index is 13.4. The highest BCUT2D eigenvalue weighted by molar-refractivity contribution is 5.91. The molecule has 278 valence electrons. The number of benzene rings is 2. The Morgan fingerprint density at radius 2 is 1.83 bits per heavy atom. The predicted octanol–water partition coefficient (Wildman–Crippen LogP) is 3.72. The Morgan fingerprint density at radius 3 is 2.54 bits per heavy atom. The third kappa shape index (κ3) is 6.73. The van der Waals surface area contributed by atoms with Crippen molar-refractivity contribution < 1.29 is 49.6 Å². The van der Waals surface area contributed by atoms with Crippen molar-refractivity contribution in [3.8, 4) is 17.2 Å². The lowest BCUT2D eigenvalue weighted by Gasteiger charge is -2.48. The quantitative estimate of drug-likeness (QED) is 0.0733. The second-order valence-electron chi connectivity index (χ2n) is 14.6. The maximum Gasteiger partial charge on any atom is 0.193 e. The van der Waals surface area contributed by atoms with Crippen LogP contribution in [-0.4, -0.2) is 89.0 Å². The second-order valence-corrected chi connectivity index (χ2v) is 14.6. The van der Waals surface area contributed by atoms with Gasteiger partial charge in [0, 0.05) is 54.4 Å². The molecule has 5 aromatic rings. The van der Waals surface area contributed by atoms with E-state index in [9.17, 15) is 35.4 Å². The third-order valence-corrected chi connectivity index (χ3v) is 10.9. The Kier molecular flexibility index (Phi) is 9.95. The van der Waals surface area contributed by atoms with Crippen LogP contribution >= 0.6 is 0 Å². The van der Waals surface area contributed by atoms with Crippen LogP contribution in [0.4, 0.5) is 0 Å². The van der Waals surface area contributed by atoms with Crippen LogP contribution in [0.25, 0.3) is 27.6 Å². The van der Waals surface area contributed by atoms with Crippen LogP contribution in [0, 0.1) is 12.8 Å². The van der Waals surface area contributed by atoms with Gasteiger partial charge in [0.05, 0.1) is 17.5 Å². The Bertz CT molecular complexity index is 2050. The fourth-order valence-electron chi connectivity index (χ4n) is 7.90. The van der Waals surface area contributed by atoms with Gasteiger partial charge >= 0.3 is 0 Å². The number of aromatic hydroxyl groups is 1. The van der Waals surface area contributed by atoms with E-state index in [0.29, 0.717) is 39.3 Å². The molecule has 1 aliphatic carbocycles. The molecule has 7 N–H and O–H groups in total. The van der Waals surface area contributed by atoms with Crippen LogP contribution < -0.4 is 10.2 Å². The van der Waals surface area contributed by atoms with Crippen LogP contribution in [0.3, 0.4) is 0 Å². The van der Waals surface area contributed by atoms with Gasteiger partial charge in [-0.3, -0.25) is 4.79 Å². The molecule has 4 heterocycles. The van der Waals surface area contributed by atoms with Crippen LogP contribution in [0.5, 0.6) is 11.5 Å². The summed E-state index contributed by atoms with van der Waals surface area (Å²) in [5.74, 6) is 1.09. The van der Waals surface area contributed by atoms with Gasteiger partial charge in [-0.25, -0.2) is 9.78 Å². The van der Waals surface area contributed by atoms with E-state index >= 15 is 0 Å². The topological polar surface area (TPSA) is 200 Å². The SMILES string of the molecule is Cc1cc(=O)c2cc3c(c(-n4cc5cc[nH]c5c4)c2o1)OC(C)(C1CCCCC1)C(OOCC(O)(Cc1ccc(O)cc1)C(O)C(O)C(O)CO)C3. The first-order valence-electron chi connectivity index (χ1n) is 17.8. The number of aliphatic hydroxyl groups is 5. The van der Waals surface area contributed by atoms with E-state index in [1.165, 1.54) is 18.2 Å². The average molecular weight is 719 g/mol. The summed E-state index contributed by atoms with van der Waals surface area (Å²) in [7, 11) is 0. The zero-order chi connectivity index (χ0) is 36.8. The molecular weight excluding hydrogens is 672 g/mol. The highest BCUT2D eigenvalue weighted by atomic mass is 17.2. The number of aliphatic hydroxyl groups excluding tert-OH is 4. The van der Waals surface area contributed by atoms with Gasteiger partial charge in [-0.05, 0) is 56.5 Å². The first-order chi connectivity index (χ1) is 24.9. The first kappa shape index (κ1) is 36.2. The summed E-state index contributed by atoms with van der Waals surface area (Å²) in [5, 5.41) is 64.2. The number of nitrogens with one attached hydrogen (secondary N) is 1. The average Bonchev–Trinajstić information content (AvgIpc) is 3.75. The number of ether oxygens (including phenoxy) is 1. The lowest BCUT2D eigenvalue weighted by Crippen LogP contribution is -2.58. The first-order valence-corrected chi connectivity index (χ1v) is 17.8. The van der Waals surface area contributed by atoms with Gasteiger partial charge in [-0.2, -0.15) is 0 Å². The molecule has 6 unspecified atom stereocenters. The minimum atomic E-state index is -2.21. The van der Waals surface area contributed by atoms with E-state index in [4.69, 9.17) is 18.9 Å². The number of hydrogen-bond donors (Lipinski definition) is 7. The number of aromatic amines is 1. The van der Waals surface area contributed by atoms with E-state index in [1.54, 1.807) is 25.1 Å². The minimum absolute atomic E-state index is 0.000889. The summed E-state index contributed by atoms with van der Waals surface area (Å²) in [6.07, 6.45) is 4.27. The molecular formula is C39H46N2O11. The van der Waals surface area contributed by atoms with Crippen LogP contribution in [-0.2, 0) is 22.6 Å². The number of phenols is 1. The summed E-state index contributed by atoms with van der Waals surface area (Å²) in [6, 6.07) is 11.1. The van der Waals surface area contributed by atoms with Crippen molar-refractivity contribution >= 4 is 21.9 Å². The Labute approximate surface area is 299 Å². The van der Waals surface area contributed by atoms with Gasteiger partial charge in [0.1, 0.15) is 59.4 Å². The molecule has 7 rings (SSSR count). The molecule has 0 radical (unpaired) electrons. The molecule has 13 heteroatoms. The molecule has 0 spiro atoms. The van der Waals surface area contributed by atoms with Gasteiger partial charge in [-0.1, -0.05) is 31.4 Å². The molecule has 1 aliphatic heterocycles. The van der Waals surface area contributed by atoms with Gasteiger partial charge in [-0.15, -0.1) is 0 Å². The molecule has 1 saturated carbocycles. The van der Waals surface area contributed by atoms with E-state index in [-0.39, 0.29) is 29.9 Å². The smallest absolute Gasteiger partial charge is 0.193 e. The second kappa shape index (κ2) is 14.3. The van der Waals surface area contributed by atoms with Gasteiger partial charge < -0.3 is 49.3 Å². The predicted molar refractivity (Wildman–Crippen MR) is 190 cm³/mol. The van der Waals surface area contributed by atoms with E-state index in [1.807, 2.05) is 36.1 Å². The maximum absolute atomic E-state index is 13.4. The van der Waals surface area contributed by atoms with Crippen molar-refractivity contribution in [3.63, 3.8) is 0 Å². The molecule has 2 aliphatic rings. The zero-order valence-electron chi connectivity index (χ0n) is 29.2. The summed E-state index contributed by atoms with van der Waals surface area (Å²) in [5.41, 5.74) is -0.273. The number of aryl methyl sites for hydroxylation is 1. The molecule has 1 fully saturated rings. The van der Waals surface area contributed by atoms with Crippen molar-refractivity contribution in [1.82, 2.24) is 9.55 Å². The molecule has 0 saturated heterocycles. The highest BCUT2D eigenvalue weighted by Gasteiger charge is 2.51. The molecule has 6 atom stereocenters. The fraction of sp³-hybridized carbons (Fsp3) is 0.462. The Hall–Kier alpha value is -4.21. The number of phenolic OH excluding ortho intramolecular Hbond substituents is 1. The number of fused-ring (bicyclic) bond motifs is 3. The van der Waals surface area contributed by atoms with E-state index in [0.717, 1.165) is 43.0 Å². The lowest BCUT2D eigenvalue weighted by atomic mass is 9.72. The molecule has 2 aromatic carbocycles. The number of aromatic nitrogens is 2. The highest BCUT2D eigenvalue weighted by Crippen LogP contribution is 2.48. The van der Waals surface area contributed by atoms with E-state index < -0.39 is 48.8 Å². The van der Waals surface area contributed by atoms with Crippen LogP contribution in [0.15, 0.2) is 70.3 Å². The lowest BCUT2D eigenvalue weighted by molar-refractivity contribution is -0.374. The summed E-state index contributed by atoms with van der Waals surface area (Å²) >= 11 is 0. The summed E-state index contributed by atoms with van der Waals surface area (Å²) in [4.78, 5) is 28.6. The van der Waals surface area contributed by atoms with Crippen molar-refractivity contribution in [2.75, 3.05) is 13.2 Å². The number of rotatable bonds is 12. The molecule has 52 heavy (non-hydrogen) atoms. The Balaban J connectivity index is 1.26. The van der Waals surface area contributed by atoms with Crippen molar-refractivity contribution in [1.29, 1.82) is 0 Å². The molecule has 0 bridgehead atoms. The van der Waals surface area contributed by atoms with Gasteiger partial charge in [0.2, 0.25) is 0 Å². The molecule has 13 nitrogen and oxygen atoms in total. The largest absolute Gasteiger partial charge is 0.508 e. The standard InChI is InChI=1S/C39H46N2O11/c1-22-14-30(44)28-15-25-16-32(52-49-21-39(48,37(47)34(46)31(45)20-42)17-23-8-10-27(43)11-9-23)38(2,26-6-4-3-5-7-26)51-35(25)33(36(28)50-22)41-18-24-12-13-40-29(24)19-41/h8-15,18-19,26,31-32,34,37,40,42-43,45-48H,3-7,16-17,20-21H2,1-2H3. The van der Waals surface area contributed by atoms with Crippen LogP contribution in [0.1, 0.15) is 55.9 Å². The van der Waals surface area contributed by atoms with Crippen molar-refractivity contribution in [2.45, 2.75) is 94.4 Å². The normalized spacial score (nSPS) is 22.5. The number of hydrogen-bond acceptors (Lipinski definition) is 11. The summed E-state index contributed by atoms with van der Waals surface area (Å²) in [6.45, 7) is 2.23. The zero-order valence-corrected chi connectivity index (χ0v) is 29.2. The van der Waals surface area contributed by atoms with Crippen molar-refractivity contribution in [2.24, 2.45) is 5.92 Å². The van der Waals surface area contributed by atoms with Gasteiger partial charge in [0.15, 0.2) is 16.8 Å². The fourth-order valence-corrected chi connectivity index (χ4v) is 7.90. The molecule has 0 amide bonds. The monoisotopic (exact) mass is 718 g/mol. The minimum Gasteiger partial charge on any atom is -0.508 e. The van der Waals surface area contributed by atoms with Gasteiger partial charge in [0.25, 0.3) is 0 Å². The van der Waals surface area contributed by atoms with Crippen molar-refractivity contribution in [3.05, 3.63) is 88.2 Å². The van der Waals surface area contributed by atoms with E-state index in [2.05, 4.69) is 4.98 Å². The number of H-pyrrole nitrogens is 1. The Morgan fingerprint density at radius 1 is 1.08 bits per heavy atom. The molecule has 3 aromatic heterocycles. The number of nitrogens with zero attached hydrogens (tertiary/aromatic N) is 1.